The Labute approximate surface area is 150 Å². The van der Waals surface area contributed by atoms with Crippen LogP contribution in [0.2, 0.25) is 0 Å². The molecule has 0 unspecified atom stereocenters. The van der Waals surface area contributed by atoms with Crippen molar-refractivity contribution >= 4 is 17.6 Å². The van der Waals surface area contributed by atoms with Crippen LogP contribution < -0.4 is 4.74 Å². The van der Waals surface area contributed by atoms with Crippen LogP contribution in [0.1, 0.15) is 23.2 Å². The van der Waals surface area contributed by atoms with E-state index in [0.29, 0.717) is 0 Å². The molecule has 0 bridgehead atoms. The van der Waals surface area contributed by atoms with Crippen molar-refractivity contribution in [2.24, 2.45) is 0 Å². The van der Waals surface area contributed by atoms with Crippen LogP contribution in [0.3, 0.4) is 0 Å². The highest BCUT2D eigenvalue weighted by Crippen LogP contribution is 2.29. The highest BCUT2D eigenvalue weighted by molar-refractivity contribution is 5.98. The van der Waals surface area contributed by atoms with Crippen molar-refractivity contribution in [1.82, 2.24) is 4.90 Å². The molecule has 0 aliphatic carbocycles. The number of benzene rings is 1. The van der Waals surface area contributed by atoms with Crippen molar-refractivity contribution in [2.75, 3.05) is 19.7 Å². The molecule has 0 atom stereocenters. The van der Waals surface area contributed by atoms with Gasteiger partial charge in [0, 0.05) is 32.0 Å². The average Bonchev–Trinajstić information content (AvgIpc) is 2.59. The van der Waals surface area contributed by atoms with Gasteiger partial charge in [0.25, 0.3) is 11.6 Å². The van der Waals surface area contributed by atoms with Gasteiger partial charge in [-0.05, 0) is 12.1 Å². The van der Waals surface area contributed by atoms with Gasteiger partial charge < -0.3 is 19.8 Å². The van der Waals surface area contributed by atoms with E-state index in [-0.39, 0.29) is 31.7 Å². The van der Waals surface area contributed by atoms with Crippen LogP contribution in [-0.4, -0.2) is 63.4 Å². The van der Waals surface area contributed by atoms with E-state index in [0.717, 1.165) is 23.1 Å². The Hall–Kier alpha value is -2.89. The molecule has 1 fully saturated rings. The van der Waals surface area contributed by atoms with Crippen LogP contribution in [0.5, 0.6) is 5.75 Å². The molecule has 0 aromatic heterocycles. The van der Waals surface area contributed by atoms with Gasteiger partial charge in [-0.25, -0.2) is 4.79 Å². The highest BCUT2D eigenvalue weighted by Gasteiger charge is 2.41. The van der Waals surface area contributed by atoms with E-state index in [1.54, 1.807) is 0 Å². The quantitative estimate of drug-likeness (QED) is 0.575. The number of hydrogen-bond donors (Lipinski definition) is 2. The fraction of sp³-hybridized carbons (Fsp3) is 0.467. The molecule has 9 nitrogen and oxygen atoms in total. The fourth-order valence-corrected chi connectivity index (χ4v) is 2.56. The molecule has 1 amide bonds. The summed E-state index contributed by atoms with van der Waals surface area (Å²) in [5, 5.41) is 30.0. The molecular formula is C15H15F3N2O7. The maximum atomic E-state index is 12.6. The summed E-state index contributed by atoms with van der Waals surface area (Å²) in [4.78, 5) is 34.9. The number of aliphatic hydroxyl groups is 1. The first kappa shape index (κ1) is 20.4. The van der Waals surface area contributed by atoms with Gasteiger partial charge in [-0.1, -0.05) is 0 Å². The zero-order valence-corrected chi connectivity index (χ0v) is 13.7. The van der Waals surface area contributed by atoms with E-state index < -0.39 is 46.4 Å². The first-order valence-electron chi connectivity index (χ1n) is 7.66. The summed E-state index contributed by atoms with van der Waals surface area (Å²) in [5.41, 5.74) is -3.11. The van der Waals surface area contributed by atoms with Gasteiger partial charge in [-0.3, -0.25) is 14.9 Å². The van der Waals surface area contributed by atoms with Crippen molar-refractivity contribution in [3.05, 3.63) is 33.9 Å². The second-order valence-corrected chi connectivity index (χ2v) is 5.97. The Balaban J connectivity index is 2.23. The van der Waals surface area contributed by atoms with Crippen LogP contribution in [0.4, 0.5) is 18.9 Å². The number of hydrogen-bond acceptors (Lipinski definition) is 6. The SMILES string of the molecule is O=C(c1cc(OCC(F)(F)F)ccc1[N+](=O)[O-])N1CCC(O)(C(=O)O)CC1. The van der Waals surface area contributed by atoms with Gasteiger partial charge in [0.2, 0.25) is 0 Å². The van der Waals surface area contributed by atoms with Crippen LogP contribution in [0.15, 0.2) is 18.2 Å². The maximum Gasteiger partial charge on any atom is 0.422 e. The van der Waals surface area contributed by atoms with Gasteiger partial charge in [0.15, 0.2) is 12.2 Å². The summed E-state index contributed by atoms with van der Waals surface area (Å²) in [6.45, 7) is -2.01. The number of nitrogens with zero attached hydrogens (tertiary/aromatic N) is 2. The number of carboxylic acids is 1. The van der Waals surface area contributed by atoms with Crippen molar-refractivity contribution in [3.8, 4) is 5.75 Å². The number of nitro benzene ring substituents is 1. The molecule has 0 saturated carbocycles. The van der Waals surface area contributed by atoms with E-state index in [1.807, 2.05) is 0 Å². The minimum Gasteiger partial charge on any atom is -0.484 e. The molecule has 1 aromatic rings. The Morgan fingerprint density at radius 1 is 1.30 bits per heavy atom. The van der Waals surface area contributed by atoms with Gasteiger partial charge in [-0.2, -0.15) is 13.2 Å². The largest absolute Gasteiger partial charge is 0.484 e. The van der Waals surface area contributed by atoms with E-state index in [4.69, 9.17) is 5.11 Å². The van der Waals surface area contributed by atoms with E-state index >= 15 is 0 Å². The van der Waals surface area contributed by atoms with Crippen LogP contribution in [0.25, 0.3) is 0 Å². The van der Waals surface area contributed by atoms with Crippen LogP contribution >= 0.6 is 0 Å². The number of ether oxygens (including phenoxy) is 1. The standard InChI is InChI=1S/C15H15F3N2O7/c16-15(17,18)8-27-9-1-2-11(20(25)26)10(7-9)12(21)19-5-3-14(24,4-6-19)13(22)23/h1-2,7,24H,3-6,8H2,(H,22,23). The first-order chi connectivity index (χ1) is 12.4. The van der Waals surface area contributed by atoms with Crippen molar-refractivity contribution in [2.45, 2.75) is 24.6 Å². The molecule has 1 aromatic carbocycles. The summed E-state index contributed by atoms with van der Waals surface area (Å²) >= 11 is 0. The molecule has 2 rings (SSSR count). The Morgan fingerprint density at radius 2 is 1.89 bits per heavy atom. The molecule has 1 aliphatic heterocycles. The maximum absolute atomic E-state index is 12.6. The van der Waals surface area contributed by atoms with Gasteiger partial charge in [-0.15, -0.1) is 0 Å². The monoisotopic (exact) mass is 392 g/mol. The Kier molecular flexibility index (Phi) is 5.59. The fourth-order valence-electron chi connectivity index (χ4n) is 2.56. The normalized spacial score (nSPS) is 16.7. The number of rotatable bonds is 5. The average molecular weight is 392 g/mol. The molecule has 2 N–H and O–H groups in total. The smallest absolute Gasteiger partial charge is 0.422 e. The highest BCUT2D eigenvalue weighted by atomic mass is 19.4. The minimum atomic E-state index is -4.62. The summed E-state index contributed by atoms with van der Waals surface area (Å²) in [6, 6.07) is 2.64. The molecule has 148 valence electrons. The molecule has 1 aliphatic rings. The number of piperidine rings is 1. The molecular weight excluding hydrogens is 377 g/mol. The first-order valence-corrected chi connectivity index (χ1v) is 7.66. The number of halogens is 3. The van der Waals surface area contributed by atoms with E-state index in [1.165, 1.54) is 0 Å². The summed E-state index contributed by atoms with van der Waals surface area (Å²) in [7, 11) is 0. The lowest BCUT2D eigenvalue weighted by Gasteiger charge is -2.35. The molecule has 12 heteroatoms. The minimum absolute atomic E-state index is 0.188. The van der Waals surface area contributed by atoms with Gasteiger partial charge >= 0.3 is 12.1 Å². The number of likely N-dealkylation sites (tertiary alicyclic amines) is 1. The molecule has 1 heterocycles. The Bertz CT molecular complexity index is 758. The van der Waals surface area contributed by atoms with E-state index in [9.17, 15) is 38.0 Å². The topological polar surface area (TPSA) is 130 Å². The molecule has 1 saturated heterocycles. The lowest BCUT2D eigenvalue weighted by molar-refractivity contribution is -0.385. The summed E-state index contributed by atoms with van der Waals surface area (Å²) in [5.74, 6) is -2.69. The third kappa shape index (κ3) is 4.84. The zero-order valence-electron chi connectivity index (χ0n) is 13.7. The summed E-state index contributed by atoms with van der Waals surface area (Å²) < 4.78 is 41.3. The second kappa shape index (κ2) is 7.39. The summed E-state index contributed by atoms with van der Waals surface area (Å²) in [6.07, 6.45) is -5.20. The number of carbonyl (C=O) groups excluding carboxylic acids is 1. The van der Waals surface area contributed by atoms with Gasteiger partial charge in [0.05, 0.1) is 4.92 Å². The van der Waals surface area contributed by atoms with Gasteiger partial charge in [0.1, 0.15) is 11.3 Å². The zero-order chi connectivity index (χ0) is 20.4. The van der Waals surface area contributed by atoms with Crippen molar-refractivity contribution < 1.29 is 42.6 Å². The van der Waals surface area contributed by atoms with Crippen molar-refractivity contribution in [1.29, 1.82) is 0 Å². The third-order valence-electron chi connectivity index (χ3n) is 4.07. The van der Waals surface area contributed by atoms with Crippen molar-refractivity contribution in [3.63, 3.8) is 0 Å². The lowest BCUT2D eigenvalue weighted by Crippen LogP contribution is -2.50. The third-order valence-corrected chi connectivity index (χ3v) is 4.07. The van der Waals surface area contributed by atoms with E-state index in [2.05, 4.69) is 4.74 Å². The molecule has 0 radical (unpaired) electrons. The number of amides is 1. The number of alkyl halides is 3. The molecule has 0 spiro atoms. The van der Waals surface area contributed by atoms with Crippen LogP contribution in [-0.2, 0) is 4.79 Å². The predicted octanol–water partition coefficient (Wildman–Crippen LogP) is 1.59. The number of aliphatic carboxylic acids is 1. The molecule has 27 heavy (non-hydrogen) atoms. The number of nitro groups is 1. The van der Waals surface area contributed by atoms with Crippen LogP contribution in [0, 0.1) is 10.1 Å². The number of carbonyl (C=O) groups is 2. The predicted molar refractivity (Wildman–Crippen MR) is 82.4 cm³/mol. The number of carboxylic acid groups (broad SMARTS) is 1. The lowest BCUT2D eigenvalue weighted by atomic mass is 9.91. The second-order valence-electron chi connectivity index (χ2n) is 5.97. The Morgan fingerprint density at radius 3 is 2.37 bits per heavy atom.